The van der Waals surface area contributed by atoms with Crippen LogP contribution in [0.4, 0.5) is 4.79 Å². The monoisotopic (exact) mass is 248 g/mol. The number of barbiturate groups is 1. The normalized spacial score (nSPS) is 31.7. The molecule has 0 aromatic rings. The van der Waals surface area contributed by atoms with E-state index < -0.39 is 23.3 Å². The molecule has 2 atom stereocenters. The molecule has 1 saturated heterocycles. The van der Waals surface area contributed by atoms with Gasteiger partial charge in [0.15, 0.2) is 0 Å². The van der Waals surface area contributed by atoms with E-state index in [-0.39, 0.29) is 12.3 Å². The van der Waals surface area contributed by atoms with Crippen LogP contribution in [0.2, 0.25) is 0 Å². The maximum atomic E-state index is 12.4. The molecule has 4 amide bonds. The minimum atomic E-state index is -1.21. The summed E-state index contributed by atoms with van der Waals surface area (Å²) in [5.74, 6) is -1.11. The van der Waals surface area contributed by atoms with Crippen molar-refractivity contribution in [1.82, 2.24) is 10.2 Å². The number of amides is 4. The molecule has 1 heterocycles. The topological polar surface area (TPSA) is 66.5 Å². The van der Waals surface area contributed by atoms with E-state index in [2.05, 4.69) is 11.9 Å². The predicted octanol–water partition coefficient (Wildman–Crippen LogP) is 1.22. The second-order valence-electron chi connectivity index (χ2n) is 4.70. The van der Waals surface area contributed by atoms with E-state index in [0.29, 0.717) is 0 Å². The Kier molecular flexibility index (Phi) is 3.07. The van der Waals surface area contributed by atoms with Crippen LogP contribution in [0.3, 0.4) is 0 Å². The second kappa shape index (κ2) is 4.40. The van der Waals surface area contributed by atoms with Gasteiger partial charge in [-0.15, -0.1) is 6.58 Å². The molecule has 1 aliphatic carbocycles. The van der Waals surface area contributed by atoms with Gasteiger partial charge in [0.05, 0.1) is 0 Å². The zero-order valence-electron chi connectivity index (χ0n) is 10.3. The van der Waals surface area contributed by atoms with Crippen LogP contribution >= 0.6 is 0 Å². The van der Waals surface area contributed by atoms with E-state index in [1.54, 1.807) is 6.08 Å². The third kappa shape index (κ3) is 1.58. The summed E-state index contributed by atoms with van der Waals surface area (Å²) in [6.07, 6.45) is 7.26. The van der Waals surface area contributed by atoms with Crippen molar-refractivity contribution in [2.75, 3.05) is 7.05 Å². The Labute approximate surface area is 106 Å². The molecule has 5 heteroatoms. The number of nitrogens with zero attached hydrogens (tertiary/aromatic N) is 1. The maximum absolute atomic E-state index is 12.4. The van der Waals surface area contributed by atoms with Gasteiger partial charge in [0.25, 0.3) is 0 Å². The number of nitrogens with one attached hydrogen (secondary N) is 1. The van der Waals surface area contributed by atoms with Crippen LogP contribution in [-0.2, 0) is 9.59 Å². The molecule has 2 unspecified atom stereocenters. The number of imide groups is 2. The first-order valence-electron chi connectivity index (χ1n) is 5.95. The standard InChI is InChI=1S/C13H16N2O3/c1-3-8-13(9-6-4-5-7-9)10(16)14-12(18)15(2)11(13)17/h3-4,6,9H,1,5,7-8H2,2H3,(H,14,16,18). The van der Waals surface area contributed by atoms with Gasteiger partial charge in [0.1, 0.15) is 5.41 Å². The zero-order chi connectivity index (χ0) is 13.3. The lowest BCUT2D eigenvalue weighted by atomic mass is 9.69. The van der Waals surface area contributed by atoms with E-state index in [4.69, 9.17) is 0 Å². The second-order valence-corrected chi connectivity index (χ2v) is 4.70. The van der Waals surface area contributed by atoms with Crippen LogP contribution < -0.4 is 5.32 Å². The van der Waals surface area contributed by atoms with Gasteiger partial charge in [0, 0.05) is 13.0 Å². The number of carbonyl (C=O) groups is 3. The molecule has 0 radical (unpaired) electrons. The molecule has 5 nitrogen and oxygen atoms in total. The van der Waals surface area contributed by atoms with Crippen LogP contribution in [0.5, 0.6) is 0 Å². The van der Waals surface area contributed by atoms with E-state index >= 15 is 0 Å². The molecule has 18 heavy (non-hydrogen) atoms. The van der Waals surface area contributed by atoms with Crippen LogP contribution in [-0.4, -0.2) is 29.8 Å². The van der Waals surface area contributed by atoms with Crippen molar-refractivity contribution in [2.24, 2.45) is 11.3 Å². The van der Waals surface area contributed by atoms with E-state index in [9.17, 15) is 14.4 Å². The SMILES string of the molecule is C=CCC1(C2C=CCC2)C(=O)NC(=O)N(C)C1=O. The molecule has 0 spiro atoms. The average Bonchev–Trinajstić information content (AvgIpc) is 2.86. The van der Waals surface area contributed by atoms with Crippen molar-refractivity contribution < 1.29 is 14.4 Å². The third-order valence-corrected chi connectivity index (χ3v) is 3.73. The summed E-state index contributed by atoms with van der Waals surface area (Å²) in [6, 6.07) is -0.660. The lowest BCUT2D eigenvalue weighted by Gasteiger charge is -2.40. The maximum Gasteiger partial charge on any atom is 0.330 e. The Bertz CT molecular complexity index is 455. The molecule has 2 aliphatic rings. The fourth-order valence-corrected chi connectivity index (χ4v) is 2.71. The van der Waals surface area contributed by atoms with Crippen molar-refractivity contribution in [3.05, 3.63) is 24.8 Å². The summed E-state index contributed by atoms with van der Waals surface area (Å²) < 4.78 is 0. The van der Waals surface area contributed by atoms with Crippen molar-refractivity contribution in [3.63, 3.8) is 0 Å². The first-order chi connectivity index (χ1) is 8.54. The molecular weight excluding hydrogens is 232 g/mol. The van der Waals surface area contributed by atoms with Crippen molar-refractivity contribution in [3.8, 4) is 0 Å². The fourth-order valence-electron chi connectivity index (χ4n) is 2.71. The molecule has 1 fully saturated rings. The summed E-state index contributed by atoms with van der Waals surface area (Å²) in [6.45, 7) is 3.62. The quantitative estimate of drug-likeness (QED) is 0.603. The van der Waals surface area contributed by atoms with Crippen LogP contribution in [0.25, 0.3) is 0 Å². The highest BCUT2D eigenvalue weighted by molar-refractivity contribution is 6.19. The van der Waals surface area contributed by atoms with E-state index in [0.717, 1.165) is 17.7 Å². The molecule has 0 aromatic carbocycles. The third-order valence-electron chi connectivity index (χ3n) is 3.73. The van der Waals surface area contributed by atoms with Gasteiger partial charge < -0.3 is 0 Å². The van der Waals surface area contributed by atoms with Gasteiger partial charge >= 0.3 is 6.03 Å². The minimum absolute atomic E-state index is 0.168. The number of hydrogen-bond donors (Lipinski definition) is 1. The first-order valence-corrected chi connectivity index (χ1v) is 5.95. The zero-order valence-corrected chi connectivity index (χ0v) is 10.3. The lowest BCUT2D eigenvalue weighted by Crippen LogP contribution is -2.64. The van der Waals surface area contributed by atoms with Gasteiger partial charge in [-0.3, -0.25) is 19.8 Å². The fraction of sp³-hybridized carbons (Fsp3) is 0.462. The van der Waals surface area contributed by atoms with Gasteiger partial charge in [-0.2, -0.15) is 0 Å². The summed E-state index contributed by atoms with van der Waals surface area (Å²) in [7, 11) is 1.39. The molecular formula is C13H16N2O3. The molecule has 0 saturated carbocycles. The summed E-state index contributed by atoms with van der Waals surface area (Å²) >= 11 is 0. The summed E-state index contributed by atoms with van der Waals surface area (Å²) in [5, 5.41) is 2.26. The Morgan fingerprint density at radius 2 is 2.28 bits per heavy atom. The van der Waals surface area contributed by atoms with Crippen molar-refractivity contribution >= 4 is 17.8 Å². The molecule has 0 bridgehead atoms. The van der Waals surface area contributed by atoms with E-state index in [1.165, 1.54) is 7.05 Å². The Morgan fingerprint density at radius 3 is 2.83 bits per heavy atom. The van der Waals surface area contributed by atoms with Crippen molar-refractivity contribution in [2.45, 2.75) is 19.3 Å². The van der Waals surface area contributed by atoms with Gasteiger partial charge in [-0.1, -0.05) is 18.2 Å². The van der Waals surface area contributed by atoms with Crippen LogP contribution in [0, 0.1) is 11.3 Å². The van der Waals surface area contributed by atoms with Crippen LogP contribution in [0.1, 0.15) is 19.3 Å². The number of urea groups is 1. The highest BCUT2D eigenvalue weighted by atomic mass is 16.2. The number of hydrogen-bond acceptors (Lipinski definition) is 3. The Morgan fingerprint density at radius 1 is 1.56 bits per heavy atom. The lowest BCUT2D eigenvalue weighted by molar-refractivity contribution is -0.153. The Hall–Kier alpha value is -1.91. The first kappa shape index (κ1) is 12.5. The van der Waals surface area contributed by atoms with E-state index in [1.807, 2.05) is 12.2 Å². The largest absolute Gasteiger partial charge is 0.330 e. The molecule has 1 N–H and O–H groups in total. The highest BCUT2D eigenvalue weighted by Crippen LogP contribution is 2.42. The van der Waals surface area contributed by atoms with Gasteiger partial charge in [-0.25, -0.2) is 4.79 Å². The smallest absolute Gasteiger partial charge is 0.277 e. The Balaban J connectivity index is 2.46. The van der Waals surface area contributed by atoms with Crippen molar-refractivity contribution in [1.29, 1.82) is 0 Å². The summed E-state index contributed by atoms with van der Waals surface area (Å²) in [5.41, 5.74) is -1.21. The predicted molar refractivity (Wildman–Crippen MR) is 65.4 cm³/mol. The molecule has 1 aliphatic heterocycles. The summed E-state index contributed by atoms with van der Waals surface area (Å²) in [4.78, 5) is 37.0. The molecule has 0 aromatic heterocycles. The molecule has 96 valence electrons. The van der Waals surface area contributed by atoms with Gasteiger partial charge in [-0.05, 0) is 19.3 Å². The number of rotatable bonds is 3. The number of allylic oxidation sites excluding steroid dienone is 3. The van der Waals surface area contributed by atoms with Crippen LogP contribution in [0.15, 0.2) is 24.8 Å². The highest BCUT2D eigenvalue weighted by Gasteiger charge is 2.56. The van der Waals surface area contributed by atoms with Gasteiger partial charge in [0.2, 0.25) is 11.8 Å². The minimum Gasteiger partial charge on any atom is -0.277 e. The average molecular weight is 248 g/mol. The number of carbonyl (C=O) groups excluding carboxylic acids is 3. The molecule has 2 rings (SSSR count).